The van der Waals surface area contributed by atoms with Gasteiger partial charge in [-0.05, 0) is 12.8 Å². The van der Waals surface area contributed by atoms with Crippen molar-refractivity contribution in [1.29, 1.82) is 0 Å². The number of ether oxygens (including phenoxy) is 2. The molecule has 0 N–H and O–H groups in total. The Hall–Kier alpha value is -1.27. The molecule has 160 valence electrons. The maximum absolute atomic E-state index is 12.7. The number of carbonyl (C=O) groups is 2. The van der Waals surface area contributed by atoms with Gasteiger partial charge in [0.15, 0.2) is 0 Å². The van der Waals surface area contributed by atoms with Crippen molar-refractivity contribution >= 4 is 22.1 Å². The highest BCUT2D eigenvalue weighted by molar-refractivity contribution is 7.86. The molecule has 3 aliphatic heterocycles. The fraction of sp³-hybridized carbons (Fsp3) is 0.882. The Bertz CT molecular complexity index is 651. The van der Waals surface area contributed by atoms with Crippen LogP contribution in [0.2, 0.25) is 0 Å². The number of rotatable bonds is 5. The predicted molar refractivity (Wildman–Crippen MR) is 101 cm³/mol. The van der Waals surface area contributed by atoms with Gasteiger partial charge < -0.3 is 14.4 Å². The molecule has 11 heteroatoms. The summed E-state index contributed by atoms with van der Waals surface area (Å²) in [7, 11) is -2.07. The van der Waals surface area contributed by atoms with E-state index in [0.29, 0.717) is 78.4 Å². The zero-order chi connectivity index (χ0) is 20.1. The Kier molecular flexibility index (Phi) is 7.26. The highest BCUT2D eigenvalue weighted by Crippen LogP contribution is 2.19. The van der Waals surface area contributed by atoms with Gasteiger partial charge in [0.05, 0.1) is 32.8 Å². The van der Waals surface area contributed by atoms with Crippen molar-refractivity contribution < 1.29 is 27.5 Å². The largest absolute Gasteiger partial charge is 0.469 e. The van der Waals surface area contributed by atoms with E-state index in [0.717, 1.165) is 0 Å². The lowest BCUT2D eigenvalue weighted by Gasteiger charge is -2.38. The van der Waals surface area contributed by atoms with Crippen molar-refractivity contribution in [2.75, 3.05) is 79.2 Å². The Labute approximate surface area is 166 Å². The Morgan fingerprint density at radius 1 is 0.929 bits per heavy atom. The van der Waals surface area contributed by atoms with Gasteiger partial charge in [-0.3, -0.25) is 14.5 Å². The Balaban J connectivity index is 1.43. The number of nitrogens with zero attached hydrogens (tertiary/aromatic N) is 4. The first kappa shape index (κ1) is 21.4. The minimum absolute atomic E-state index is 0.0350. The van der Waals surface area contributed by atoms with Crippen LogP contribution in [0.5, 0.6) is 0 Å². The van der Waals surface area contributed by atoms with Crippen molar-refractivity contribution in [1.82, 2.24) is 18.4 Å². The van der Waals surface area contributed by atoms with Gasteiger partial charge in [0, 0.05) is 52.4 Å². The van der Waals surface area contributed by atoms with Crippen molar-refractivity contribution in [3.05, 3.63) is 0 Å². The SMILES string of the molecule is COC(=O)C1CCN(C(=O)CN2CCN(S(=O)(=O)N3CCOCC3)CC2)CC1. The van der Waals surface area contributed by atoms with Gasteiger partial charge in [-0.15, -0.1) is 0 Å². The molecule has 10 nitrogen and oxygen atoms in total. The molecule has 3 aliphatic rings. The van der Waals surface area contributed by atoms with Gasteiger partial charge in [-0.25, -0.2) is 0 Å². The van der Waals surface area contributed by atoms with Crippen LogP contribution in [0.4, 0.5) is 0 Å². The number of piperazine rings is 1. The molecule has 0 bridgehead atoms. The predicted octanol–water partition coefficient (Wildman–Crippen LogP) is -1.41. The summed E-state index contributed by atoms with van der Waals surface area (Å²) in [5, 5.41) is 0. The monoisotopic (exact) mass is 418 g/mol. The quantitative estimate of drug-likeness (QED) is 0.506. The fourth-order valence-corrected chi connectivity index (χ4v) is 5.44. The number of amides is 1. The standard InChI is InChI=1S/C17H30N4O6S/c1-26-17(23)15-2-4-19(5-3-15)16(22)14-18-6-8-20(9-7-18)28(24,25)21-10-12-27-13-11-21/h15H,2-14H2,1H3. The first-order valence-corrected chi connectivity index (χ1v) is 11.2. The summed E-state index contributed by atoms with van der Waals surface area (Å²) in [6.07, 6.45) is 1.26. The van der Waals surface area contributed by atoms with Gasteiger partial charge in [0.2, 0.25) is 5.91 Å². The zero-order valence-corrected chi connectivity index (χ0v) is 17.2. The highest BCUT2D eigenvalue weighted by atomic mass is 32.2. The summed E-state index contributed by atoms with van der Waals surface area (Å²) in [4.78, 5) is 27.9. The average Bonchev–Trinajstić information content (AvgIpc) is 2.74. The van der Waals surface area contributed by atoms with Crippen molar-refractivity contribution in [3.63, 3.8) is 0 Å². The molecule has 0 saturated carbocycles. The van der Waals surface area contributed by atoms with E-state index in [1.807, 2.05) is 4.90 Å². The van der Waals surface area contributed by atoms with Crippen LogP contribution in [-0.2, 0) is 29.3 Å². The molecule has 0 aromatic carbocycles. The number of likely N-dealkylation sites (tertiary alicyclic amines) is 1. The van der Waals surface area contributed by atoms with Crippen LogP contribution in [0, 0.1) is 5.92 Å². The molecule has 28 heavy (non-hydrogen) atoms. The van der Waals surface area contributed by atoms with Crippen LogP contribution in [0.15, 0.2) is 0 Å². The number of hydrogen-bond donors (Lipinski definition) is 0. The van der Waals surface area contributed by atoms with Crippen LogP contribution in [0.25, 0.3) is 0 Å². The molecule has 0 unspecified atom stereocenters. The van der Waals surface area contributed by atoms with Gasteiger partial charge in [0.1, 0.15) is 0 Å². The van der Waals surface area contributed by atoms with E-state index in [9.17, 15) is 18.0 Å². The van der Waals surface area contributed by atoms with E-state index >= 15 is 0 Å². The molecular weight excluding hydrogens is 388 g/mol. The lowest BCUT2D eigenvalue weighted by atomic mass is 9.97. The smallest absolute Gasteiger partial charge is 0.308 e. The second-order valence-electron chi connectivity index (χ2n) is 7.37. The molecule has 3 heterocycles. The van der Waals surface area contributed by atoms with Crippen LogP contribution >= 0.6 is 0 Å². The number of hydrogen-bond acceptors (Lipinski definition) is 7. The Morgan fingerprint density at radius 3 is 2.07 bits per heavy atom. The summed E-state index contributed by atoms with van der Waals surface area (Å²) in [6, 6.07) is 0. The summed E-state index contributed by atoms with van der Waals surface area (Å²) in [5.74, 6) is -0.291. The molecule has 3 fully saturated rings. The fourth-order valence-electron chi connectivity index (χ4n) is 3.88. The van der Waals surface area contributed by atoms with Crippen molar-refractivity contribution in [2.24, 2.45) is 5.92 Å². The van der Waals surface area contributed by atoms with Gasteiger partial charge in [0.25, 0.3) is 10.2 Å². The van der Waals surface area contributed by atoms with E-state index < -0.39 is 10.2 Å². The van der Waals surface area contributed by atoms with Crippen LogP contribution in [-0.4, -0.2) is 118 Å². The van der Waals surface area contributed by atoms with Gasteiger partial charge in [-0.2, -0.15) is 17.0 Å². The zero-order valence-electron chi connectivity index (χ0n) is 16.4. The number of piperidine rings is 1. The lowest BCUT2D eigenvalue weighted by molar-refractivity contribution is -0.149. The summed E-state index contributed by atoms with van der Waals surface area (Å²) in [6.45, 7) is 4.89. The van der Waals surface area contributed by atoms with E-state index in [1.165, 1.54) is 15.7 Å². The first-order chi connectivity index (χ1) is 13.4. The minimum Gasteiger partial charge on any atom is -0.469 e. The van der Waals surface area contributed by atoms with Crippen LogP contribution in [0.1, 0.15) is 12.8 Å². The van der Waals surface area contributed by atoms with Crippen LogP contribution < -0.4 is 0 Å². The molecule has 1 amide bonds. The normalized spacial score (nSPS) is 24.2. The number of methoxy groups -OCH3 is 1. The molecule has 0 aromatic rings. The summed E-state index contributed by atoms with van der Waals surface area (Å²) in [5.41, 5.74) is 0. The third-order valence-corrected chi connectivity index (χ3v) is 7.73. The van der Waals surface area contributed by atoms with Gasteiger partial charge in [-0.1, -0.05) is 0 Å². The minimum atomic E-state index is -3.45. The maximum atomic E-state index is 12.7. The molecule has 3 rings (SSSR count). The molecule has 0 spiro atoms. The second-order valence-corrected chi connectivity index (χ2v) is 9.30. The Morgan fingerprint density at radius 2 is 1.50 bits per heavy atom. The number of morpholine rings is 1. The molecule has 3 saturated heterocycles. The third-order valence-electron chi connectivity index (χ3n) is 5.69. The number of esters is 1. The highest BCUT2D eigenvalue weighted by Gasteiger charge is 2.34. The van der Waals surface area contributed by atoms with E-state index in [-0.39, 0.29) is 24.3 Å². The molecule has 0 aromatic heterocycles. The first-order valence-electron chi connectivity index (χ1n) is 9.82. The summed E-state index contributed by atoms with van der Waals surface area (Å²) < 4.78 is 38.4. The van der Waals surface area contributed by atoms with Crippen molar-refractivity contribution in [3.8, 4) is 0 Å². The van der Waals surface area contributed by atoms with Gasteiger partial charge >= 0.3 is 5.97 Å². The molecule has 0 atom stereocenters. The molecule has 0 aliphatic carbocycles. The number of carbonyl (C=O) groups excluding carboxylic acids is 2. The maximum Gasteiger partial charge on any atom is 0.308 e. The molecular formula is C17H30N4O6S. The lowest BCUT2D eigenvalue weighted by Crippen LogP contribution is -2.56. The second kappa shape index (κ2) is 9.49. The van der Waals surface area contributed by atoms with Crippen LogP contribution in [0.3, 0.4) is 0 Å². The topological polar surface area (TPSA) is 99.7 Å². The van der Waals surface area contributed by atoms with E-state index in [4.69, 9.17) is 9.47 Å². The average molecular weight is 419 g/mol. The van der Waals surface area contributed by atoms with E-state index in [1.54, 1.807) is 4.90 Å². The third kappa shape index (κ3) is 5.01. The summed E-state index contributed by atoms with van der Waals surface area (Å²) >= 11 is 0. The van der Waals surface area contributed by atoms with Crippen molar-refractivity contribution in [2.45, 2.75) is 12.8 Å². The molecule has 0 radical (unpaired) electrons. The van der Waals surface area contributed by atoms with E-state index in [2.05, 4.69) is 0 Å².